The molecule has 0 fully saturated rings. The van der Waals surface area contributed by atoms with Crippen molar-refractivity contribution >= 4 is 13.7 Å². The summed E-state index contributed by atoms with van der Waals surface area (Å²) in [5, 5.41) is 23.9. The molecule has 10 heteroatoms. The van der Waals surface area contributed by atoms with Gasteiger partial charge in [0.25, 0.3) is 0 Å². The van der Waals surface area contributed by atoms with Crippen LogP contribution in [0.1, 0.15) is 168 Å². The van der Waals surface area contributed by atoms with Gasteiger partial charge in [-0.3, -0.25) is 13.8 Å². The molecular weight excluding hydrogens is 639 g/mol. The molecule has 0 aliphatic carbocycles. The van der Waals surface area contributed by atoms with Crippen LogP contribution in [0.5, 0.6) is 0 Å². The highest BCUT2D eigenvalue weighted by atomic mass is 31.2. The van der Waals surface area contributed by atoms with Crippen molar-refractivity contribution in [2.24, 2.45) is 5.73 Å². The zero-order chi connectivity index (χ0) is 36.3. The number of phosphoric ester groups is 1. The highest BCUT2D eigenvalue weighted by Crippen LogP contribution is 2.43. The molecule has 0 aromatic carbocycles. The molecule has 0 saturated carbocycles. The second-order valence-corrected chi connectivity index (χ2v) is 14.8. The number of aliphatic hydroxyl groups is 2. The van der Waals surface area contributed by atoms with Crippen LogP contribution in [0.3, 0.4) is 0 Å². The minimum Gasteiger partial charge on any atom is -0.393 e. The van der Waals surface area contributed by atoms with Crippen molar-refractivity contribution < 1.29 is 33.5 Å². The van der Waals surface area contributed by atoms with Crippen molar-refractivity contribution in [2.45, 2.75) is 186 Å². The van der Waals surface area contributed by atoms with E-state index in [2.05, 4.69) is 43.5 Å². The van der Waals surface area contributed by atoms with Crippen LogP contribution in [0.2, 0.25) is 0 Å². The van der Waals surface area contributed by atoms with Gasteiger partial charge in [0.15, 0.2) is 0 Å². The van der Waals surface area contributed by atoms with Gasteiger partial charge in [-0.2, -0.15) is 0 Å². The molecule has 0 aromatic heterocycles. The molecule has 0 aliphatic heterocycles. The van der Waals surface area contributed by atoms with E-state index >= 15 is 0 Å². The summed E-state index contributed by atoms with van der Waals surface area (Å²) in [4.78, 5) is 22.7. The van der Waals surface area contributed by atoms with Crippen LogP contribution in [-0.2, 0) is 18.4 Å². The number of aliphatic hydroxyl groups excluding tert-OH is 2. The van der Waals surface area contributed by atoms with E-state index < -0.39 is 38.6 Å². The molecule has 6 N–H and O–H groups in total. The lowest BCUT2D eigenvalue weighted by Crippen LogP contribution is -2.46. The van der Waals surface area contributed by atoms with Gasteiger partial charge >= 0.3 is 7.82 Å². The summed E-state index contributed by atoms with van der Waals surface area (Å²) >= 11 is 0. The summed E-state index contributed by atoms with van der Waals surface area (Å²) in [6, 6.07) is -0.987. The van der Waals surface area contributed by atoms with Crippen LogP contribution in [0, 0.1) is 0 Å². The van der Waals surface area contributed by atoms with Crippen LogP contribution in [-0.4, -0.2) is 59.0 Å². The van der Waals surface area contributed by atoms with Gasteiger partial charge in [-0.1, -0.05) is 153 Å². The van der Waals surface area contributed by atoms with Crippen LogP contribution in [0.25, 0.3) is 0 Å². The molecule has 0 aliphatic rings. The molecule has 49 heavy (non-hydrogen) atoms. The molecular formula is C39H75N2O7P. The Bertz CT molecular complexity index is 883. The predicted molar refractivity (Wildman–Crippen MR) is 204 cm³/mol. The quantitative estimate of drug-likeness (QED) is 0.0186. The minimum atomic E-state index is -4.40. The summed E-state index contributed by atoms with van der Waals surface area (Å²) in [7, 11) is -4.40. The highest BCUT2D eigenvalue weighted by Gasteiger charge is 2.27. The molecule has 9 nitrogen and oxygen atoms in total. The third-order valence-corrected chi connectivity index (χ3v) is 9.53. The number of carbonyl (C=O) groups is 1. The maximum Gasteiger partial charge on any atom is 0.472 e. The molecule has 0 aromatic rings. The molecule has 1 amide bonds. The van der Waals surface area contributed by atoms with Crippen molar-refractivity contribution in [1.29, 1.82) is 0 Å². The Balaban J connectivity index is 4.46. The maximum absolute atomic E-state index is 12.7. The monoisotopic (exact) mass is 715 g/mol. The van der Waals surface area contributed by atoms with Crippen LogP contribution >= 0.6 is 7.82 Å². The first kappa shape index (κ1) is 47.7. The molecule has 0 rings (SSSR count). The molecule has 4 atom stereocenters. The molecule has 0 saturated heterocycles. The van der Waals surface area contributed by atoms with E-state index in [9.17, 15) is 24.5 Å². The number of phosphoric acid groups is 1. The Labute approximate surface area is 300 Å². The summed E-state index contributed by atoms with van der Waals surface area (Å²) < 4.78 is 22.0. The minimum absolute atomic E-state index is 0.0460. The van der Waals surface area contributed by atoms with Gasteiger partial charge in [-0.25, -0.2) is 4.57 Å². The number of carbonyl (C=O) groups excluding carboxylic acids is 1. The number of nitrogens with one attached hydrogen (secondary N) is 1. The molecule has 0 spiro atoms. The summed E-state index contributed by atoms with van der Waals surface area (Å²) in [6.45, 7) is 3.91. The second kappa shape index (κ2) is 35.1. The third kappa shape index (κ3) is 33.6. The van der Waals surface area contributed by atoms with Crippen LogP contribution in [0.4, 0.5) is 0 Å². The smallest absolute Gasteiger partial charge is 0.393 e. The highest BCUT2D eigenvalue weighted by molar-refractivity contribution is 7.47. The lowest BCUT2D eigenvalue weighted by Gasteiger charge is -2.24. The average Bonchev–Trinajstić information content (AvgIpc) is 3.07. The van der Waals surface area contributed by atoms with Crippen molar-refractivity contribution in [3.63, 3.8) is 0 Å². The van der Waals surface area contributed by atoms with Gasteiger partial charge in [0.05, 0.1) is 37.9 Å². The fraction of sp³-hybridized carbons (Fsp3) is 0.821. The first-order valence-corrected chi connectivity index (χ1v) is 21.2. The Hall–Kier alpha value is -1.32. The Morgan fingerprint density at radius 2 is 1.18 bits per heavy atom. The largest absolute Gasteiger partial charge is 0.472 e. The summed E-state index contributed by atoms with van der Waals surface area (Å²) in [6.07, 6.45) is 36.5. The topological polar surface area (TPSA) is 151 Å². The van der Waals surface area contributed by atoms with E-state index in [-0.39, 0.29) is 19.6 Å². The lowest BCUT2D eigenvalue weighted by atomic mass is 10.0. The van der Waals surface area contributed by atoms with E-state index in [1.54, 1.807) is 6.08 Å². The zero-order valence-electron chi connectivity index (χ0n) is 31.3. The maximum atomic E-state index is 12.7. The average molecular weight is 715 g/mol. The predicted octanol–water partition coefficient (Wildman–Crippen LogP) is 9.36. The first-order valence-electron chi connectivity index (χ1n) is 19.7. The van der Waals surface area contributed by atoms with Gasteiger partial charge < -0.3 is 26.2 Å². The van der Waals surface area contributed by atoms with Crippen molar-refractivity contribution in [2.75, 3.05) is 19.8 Å². The van der Waals surface area contributed by atoms with E-state index in [1.807, 2.05) is 6.08 Å². The van der Waals surface area contributed by atoms with E-state index in [1.165, 1.54) is 83.5 Å². The fourth-order valence-electron chi connectivity index (χ4n) is 5.52. The number of allylic oxidation sites excluding steroid dienone is 5. The zero-order valence-corrected chi connectivity index (χ0v) is 32.2. The van der Waals surface area contributed by atoms with Gasteiger partial charge in [-0.05, 0) is 44.9 Å². The van der Waals surface area contributed by atoms with Crippen LogP contribution in [0.15, 0.2) is 36.5 Å². The van der Waals surface area contributed by atoms with E-state index in [0.29, 0.717) is 6.42 Å². The van der Waals surface area contributed by atoms with E-state index in [0.717, 1.165) is 57.8 Å². The number of unbranched alkanes of at least 4 members (excludes halogenated alkanes) is 19. The van der Waals surface area contributed by atoms with Crippen molar-refractivity contribution in [1.82, 2.24) is 5.32 Å². The summed E-state index contributed by atoms with van der Waals surface area (Å²) in [5.41, 5.74) is 5.35. The molecule has 0 radical (unpaired) electrons. The molecule has 0 bridgehead atoms. The molecule has 288 valence electrons. The van der Waals surface area contributed by atoms with E-state index in [4.69, 9.17) is 14.8 Å². The fourth-order valence-corrected chi connectivity index (χ4v) is 6.28. The Kier molecular flexibility index (Phi) is 34.2. The van der Waals surface area contributed by atoms with Gasteiger partial charge in [0.1, 0.15) is 0 Å². The number of amides is 1. The standard InChI is InChI=1S/C39H75N2O7P/c1-3-5-7-9-11-13-15-17-19-21-23-25-27-29-31-38(43)37(35-48-49(45,46)47-33-32-40)41-39(44)34-36(42)30-28-26-24-22-20-18-16-14-12-10-8-6-4-2/h12,14,16,18,29,31,36-38,42-43H,3-11,13,15,17,19-28,30,32-35,40H2,1-2H3,(H,41,44)(H,45,46)/b14-12-,18-16-,31-29+. The van der Waals surface area contributed by atoms with Crippen molar-refractivity contribution in [3.8, 4) is 0 Å². The van der Waals surface area contributed by atoms with Gasteiger partial charge in [-0.15, -0.1) is 0 Å². The summed E-state index contributed by atoms with van der Waals surface area (Å²) in [5.74, 6) is -0.460. The number of hydrogen-bond acceptors (Lipinski definition) is 7. The first-order chi connectivity index (χ1) is 23.8. The molecule has 4 unspecified atom stereocenters. The van der Waals surface area contributed by atoms with Crippen molar-refractivity contribution in [3.05, 3.63) is 36.5 Å². The lowest BCUT2D eigenvalue weighted by molar-refractivity contribution is -0.124. The SMILES string of the molecule is CCCCC/C=C\C=C/CCCCCCC(O)CC(=O)NC(COP(=O)(O)OCCN)C(O)/C=C/CCCCCCCCCCCCCC. The van der Waals surface area contributed by atoms with Gasteiger partial charge in [0.2, 0.25) is 5.91 Å². The second-order valence-electron chi connectivity index (χ2n) is 13.4. The normalized spacial score (nSPS) is 15.3. The third-order valence-electron chi connectivity index (χ3n) is 8.54. The number of rotatable bonds is 36. The molecule has 0 heterocycles. The Morgan fingerprint density at radius 1 is 0.714 bits per heavy atom. The van der Waals surface area contributed by atoms with Gasteiger partial charge in [0, 0.05) is 6.54 Å². The Morgan fingerprint density at radius 3 is 1.73 bits per heavy atom. The van der Waals surface area contributed by atoms with Crippen LogP contribution < -0.4 is 11.1 Å². The number of nitrogens with two attached hydrogens (primary N) is 1. The number of hydrogen-bond donors (Lipinski definition) is 5.